The van der Waals surface area contributed by atoms with E-state index in [1.807, 2.05) is 11.5 Å². The Morgan fingerprint density at radius 3 is 3.31 bits per heavy atom. The van der Waals surface area contributed by atoms with Gasteiger partial charge < -0.3 is 15.2 Å². The van der Waals surface area contributed by atoms with Gasteiger partial charge >= 0.3 is 0 Å². The van der Waals surface area contributed by atoms with Gasteiger partial charge in [-0.1, -0.05) is 0 Å². The Labute approximate surface area is 94.4 Å². The van der Waals surface area contributed by atoms with Crippen molar-refractivity contribution in [1.29, 1.82) is 0 Å². The highest BCUT2D eigenvalue weighted by molar-refractivity contribution is 5.81. The van der Waals surface area contributed by atoms with Gasteiger partial charge in [-0.3, -0.25) is 4.79 Å². The monoisotopic (exact) mass is 223 g/mol. The Morgan fingerprint density at radius 1 is 1.75 bits per heavy atom. The number of nitrogens with one attached hydrogen (secondary N) is 2. The second kappa shape index (κ2) is 5.07. The molecule has 1 atom stereocenters. The molecule has 0 saturated carbocycles. The predicted octanol–water partition coefficient (Wildman–Crippen LogP) is -0.334. The fourth-order valence-corrected chi connectivity index (χ4v) is 1.88. The molecule has 1 aliphatic heterocycles. The van der Waals surface area contributed by atoms with Crippen molar-refractivity contribution in [2.45, 2.75) is 38.9 Å². The highest BCUT2D eigenvalue weighted by Gasteiger charge is 2.21. The molecule has 0 aliphatic carbocycles. The maximum Gasteiger partial charge on any atom is 0.237 e. The summed E-state index contributed by atoms with van der Waals surface area (Å²) in [5, 5.41) is 13.8. The number of rotatable bonds is 4. The Balaban J connectivity index is 1.84. The number of hydrogen-bond donors (Lipinski definition) is 2. The van der Waals surface area contributed by atoms with E-state index in [0.29, 0.717) is 6.54 Å². The number of carbonyl (C=O) groups excluding carboxylic acids is 1. The number of hydrogen-bond acceptors (Lipinski definition) is 4. The molecule has 2 N–H and O–H groups in total. The standard InChI is InChI=1S/C10H17N5O/c1-2-15-7-13-14-9(15)6-12-10(16)8-4-3-5-11-8/h7-8,11H,2-6H2,1H3,(H,12,16)/t8-/m0/s1. The second-order valence-corrected chi connectivity index (χ2v) is 3.90. The van der Waals surface area contributed by atoms with Gasteiger partial charge in [-0.05, 0) is 26.3 Å². The number of aromatic nitrogens is 3. The average molecular weight is 223 g/mol. The number of aryl methyl sites for hydroxylation is 1. The van der Waals surface area contributed by atoms with Crippen molar-refractivity contribution in [3.05, 3.63) is 12.2 Å². The lowest BCUT2D eigenvalue weighted by molar-refractivity contribution is -0.123. The molecule has 2 rings (SSSR count). The number of carbonyl (C=O) groups is 1. The summed E-state index contributed by atoms with van der Waals surface area (Å²) in [6.45, 7) is 4.22. The van der Waals surface area contributed by atoms with Crippen LogP contribution in [0.5, 0.6) is 0 Å². The van der Waals surface area contributed by atoms with Gasteiger partial charge in [-0.25, -0.2) is 0 Å². The third-order valence-electron chi connectivity index (χ3n) is 2.83. The van der Waals surface area contributed by atoms with Crippen LogP contribution in [0.3, 0.4) is 0 Å². The molecule has 2 heterocycles. The highest BCUT2D eigenvalue weighted by Crippen LogP contribution is 2.04. The molecule has 1 aromatic rings. The SMILES string of the molecule is CCn1cnnc1CNC(=O)[C@@H]1CCCN1. The summed E-state index contributed by atoms with van der Waals surface area (Å²) in [7, 11) is 0. The van der Waals surface area contributed by atoms with Gasteiger partial charge in [-0.15, -0.1) is 10.2 Å². The molecule has 0 spiro atoms. The third kappa shape index (κ3) is 2.38. The molecule has 0 bridgehead atoms. The average Bonchev–Trinajstić information content (AvgIpc) is 2.96. The summed E-state index contributed by atoms with van der Waals surface area (Å²) < 4.78 is 1.92. The largest absolute Gasteiger partial charge is 0.347 e. The van der Waals surface area contributed by atoms with E-state index < -0.39 is 0 Å². The molecular formula is C10H17N5O. The van der Waals surface area contributed by atoms with Crippen LogP contribution in [0.2, 0.25) is 0 Å². The topological polar surface area (TPSA) is 71.8 Å². The zero-order chi connectivity index (χ0) is 11.4. The van der Waals surface area contributed by atoms with Gasteiger partial charge in [-0.2, -0.15) is 0 Å². The van der Waals surface area contributed by atoms with Crippen LogP contribution in [0.15, 0.2) is 6.33 Å². The van der Waals surface area contributed by atoms with E-state index in [1.165, 1.54) is 0 Å². The van der Waals surface area contributed by atoms with Crippen LogP contribution in [-0.2, 0) is 17.9 Å². The van der Waals surface area contributed by atoms with Crippen molar-refractivity contribution in [2.75, 3.05) is 6.54 Å². The molecule has 1 saturated heterocycles. The normalized spacial score (nSPS) is 19.9. The Kier molecular flexibility index (Phi) is 3.51. The first-order valence-electron chi connectivity index (χ1n) is 5.69. The van der Waals surface area contributed by atoms with E-state index >= 15 is 0 Å². The summed E-state index contributed by atoms with van der Waals surface area (Å²) in [5.74, 6) is 0.858. The van der Waals surface area contributed by atoms with E-state index in [1.54, 1.807) is 6.33 Å². The molecule has 1 amide bonds. The van der Waals surface area contributed by atoms with Crippen LogP contribution < -0.4 is 10.6 Å². The van der Waals surface area contributed by atoms with Gasteiger partial charge in [0.05, 0.1) is 12.6 Å². The molecule has 16 heavy (non-hydrogen) atoms. The van der Waals surface area contributed by atoms with E-state index in [0.717, 1.165) is 31.8 Å². The fourth-order valence-electron chi connectivity index (χ4n) is 1.88. The van der Waals surface area contributed by atoms with Crippen molar-refractivity contribution >= 4 is 5.91 Å². The zero-order valence-electron chi connectivity index (χ0n) is 9.44. The first-order chi connectivity index (χ1) is 7.81. The molecule has 1 fully saturated rings. The zero-order valence-corrected chi connectivity index (χ0v) is 9.44. The summed E-state index contributed by atoms with van der Waals surface area (Å²) >= 11 is 0. The summed E-state index contributed by atoms with van der Waals surface area (Å²) in [4.78, 5) is 11.7. The number of nitrogens with zero attached hydrogens (tertiary/aromatic N) is 3. The second-order valence-electron chi connectivity index (χ2n) is 3.90. The minimum Gasteiger partial charge on any atom is -0.347 e. The lowest BCUT2D eigenvalue weighted by Crippen LogP contribution is -2.40. The van der Waals surface area contributed by atoms with Crippen LogP contribution in [-0.4, -0.2) is 33.3 Å². The first-order valence-corrected chi connectivity index (χ1v) is 5.69. The van der Waals surface area contributed by atoms with Crippen LogP contribution in [0.25, 0.3) is 0 Å². The van der Waals surface area contributed by atoms with Gasteiger partial charge in [0.25, 0.3) is 0 Å². The Morgan fingerprint density at radius 2 is 2.62 bits per heavy atom. The van der Waals surface area contributed by atoms with Crippen molar-refractivity contribution < 1.29 is 4.79 Å². The predicted molar refractivity (Wildman–Crippen MR) is 58.6 cm³/mol. The van der Waals surface area contributed by atoms with Crippen molar-refractivity contribution in [2.24, 2.45) is 0 Å². The Bertz CT molecular complexity index is 356. The Hall–Kier alpha value is -1.43. The van der Waals surface area contributed by atoms with Gasteiger partial charge in [0.1, 0.15) is 6.33 Å². The summed E-state index contributed by atoms with van der Waals surface area (Å²) in [6.07, 6.45) is 3.67. The maximum absolute atomic E-state index is 11.7. The molecule has 88 valence electrons. The van der Waals surface area contributed by atoms with Crippen molar-refractivity contribution in [3.63, 3.8) is 0 Å². The molecule has 1 aliphatic rings. The van der Waals surface area contributed by atoms with E-state index in [2.05, 4.69) is 20.8 Å². The smallest absolute Gasteiger partial charge is 0.237 e. The maximum atomic E-state index is 11.7. The van der Waals surface area contributed by atoms with E-state index in [-0.39, 0.29) is 11.9 Å². The molecular weight excluding hydrogens is 206 g/mol. The lowest BCUT2D eigenvalue weighted by atomic mass is 10.2. The summed E-state index contributed by atoms with van der Waals surface area (Å²) in [6, 6.07) is -0.0296. The molecule has 6 nitrogen and oxygen atoms in total. The van der Waals surface area contributed by atoms with E-state index in [9.17, 15) is 4.79 Å². The third-order valence-corrected chi connectivity index (χ3v) is 2.83. The van der Waals surface area contributed by atoms with E-state index in [4.69, 9.17) is 0 Å². The first kappa shape index (κ1) is 11.1. The molecule has 0 radical (unpaired) electrons. The molecule has 6 heteroatoms. The number of amides is 1. The molecule has 0 aromatic carbocycles. The lowest BCUT2D eigenvalue weighted by Gasteiger charge is -2.10. The molecule has 1 aromatic heterocycles. The highest BCUT2D eigenvalue weighted by atomic mass is 16.2. The summed E-state index contributed by atoms with van der Waals surface area (Å²) in [5.41, 5.74) is 0. The minimum atomic E-state index is -0.0296. The van der Waals surface area contributed by atoms with Crippen molar-refractivity contribution in [3.8, 4) is 0 Å². The van der Waals surface area contributed by atoms with Crippen LogP contribution in [0.4, 0.5) is 0 Å². The van der Waals surface area contributed by atoms with Gasteiger partial charge in [0.15, 0.2) is 5.82 Å². The quantitative estimate of drug-likeness (QED) is 0.733. The molecule has 0 unspecified atom stereocenters. The van der Waals surface area contributed by atoms with Crippen LogP contribution in [0.1, 0.15) is 25.6 Å². The minimum absolute atomic E-state index is 0.0296. The van der Waals surface area contributed by atoms with Gasteiger partial charge in [0, 0.05) is 6.54 Å². The fraction of sp³-hybridized carbons (Fsp3) is 0.700. The van der Waals surface area contributed by atoms with Crippen LogP contribution >= 0.6 is 0 Å². The van der Waals surface area contributed by atoms with Gasteiger partial charge in [0.2, 0.25) is 5.91 Å². The van der Waals surface area contributed by atoms with Crippen molar-refractivity contribution in [1.82, 2.24) is 25.4 Å². The van der Waals surface area contributed by atoms with Crippen LogP contribution in [0, 0.1) is 0 Å².